The molecule has 0 saturated heterocycles. The quantitative estimate of drug-likeness (QED) is 0.0119. The summed E-state index contributed by atoms with van der Waals surface area (Å²) in [6.45, 7) is 2.23. The first-order valence-electron chi connectivity index (χ1n) is 38.8. The van der Waals surface area contributed by atoms with E-state index in [1.165, 1.54) is 23.3 Å². The first-order chi connectivity index (χ1) is 53.5. The van der Waals surface area contributed by atoms with Crippen molar-refractivity contribution < 1.29 is 77.0 Å². The van der Waals surface area contributed by atoms with Crippen molar-refractivity contribution in [2.75, 3.05) is 13.1 Å². The van der Waals surface area contributed by atoms with Crippen LogP contribution < -0.4 is 53.2 Å². The zero-order chi connectivity index (χ0) is 79.8. The molecule has 4 aliphatic carbocycles. The number of hydrogen-bond donors (Lipinski definition) is 11. The Hall–Kier alpha value is -10.8. The van der Waals surface area contributed by atoms with Crippen LogP contribution >= 0.6 is 0 Å². The third-order valence-electron chi connectivity index (χ3n) is 20.8. The van der Waals surface area contributed by atoms with Gasteiger partial charge >= 0.3 is 11.9 Å². The van der Waals surface area contributed by atoms with Crippen molar-refractivity contribution in [3.8, 4) is 0 Å². The van der Waals surface area contributed by atoms with Gasteiger partial charge in [0.15, 0.2) is 23.7 Å². The van der Waals surface area contributed by atoms with Crippen LogP contribution in [-0.4, -0.2) is 153 Å². The van der Waals surface area contributed by atoms with Crippen molar-refractivity contribution in [3.05, 3.63) is 177 Å². The Bertz CT molecular complexity index is 4070. The molecule has 111 heavy (non-hydrogen) atoms. The number of carbonyl (C=O) groups excluding carboxylic acids is 13. The first kappa shape index (κ1) is 85.8. The average molecular weight is 1520 g/mol. The van der Waals surface area contributed by atoms with Gasteiger partial charge < -0.3 is 63.0 Å². The number of ether oxygens (including phenoxy) is 1. The number of carboxylic acid groups (broad SMARTS) is 1. The SMILES string of the molecule is [B]C(=O)N[C@H](C(=O)N[C@@H](Cc1cccc2c1CCCC2)C(=O)NC(CCC)C(=O)C(=O)NCC(=O)N[C@H](C(=O)O)c1ccccc1)C1CCCCC1.[B]C(=O)N[C@H](C(=O)N[C@@H](Cc1cccc2c1CCCC2)C(=O)NC(CCC)C(=O)C(=O)NCC(=O)N[C@H](C(=O)OCc1ccccc1)c1ccccc1)C1CCCCC1. The normalized spacial score (nSPS) is 16.1. The summed E-state index contributed by atoms with van der Waals surface area (Å²) in [6.07, 6.45) is 17.3. The summed E-state index contributed by atoms with van der Waals surface area (Å²) in [7, 11) is 11.0. The highest BCUT2D eigenvalue weighted by Crippen LogP contribution is 2.31. The topological polar surface area (TPSA) is 389 Å². The summed E-state index contributed by atoms with van der Waals surface area (Å²) in [4.78, 5) is 184. The third-order valence-corrected chi connectivity index (χ3v) is 20.8. The molecule has 2 saturated carbocycles. The van der Waals surface area contributed by atoms with Gasteiger partial charge in [0.1, 0.15) is 30.8 Å². The fraction of sp³-hybridized carbons (Fsp3) is 0.470. The van der Waals surface area contributed by atoms with Crippen LogP contribution in [0, 0.1) is 11.8 Å². The lowest BCUT2D eigenvalue weighted by Crippen LogP contribution is -2.59. The highest BCUT2D eigenvalue weighted by Gasteiger charge is 2.39. The van der Waals surface area contributed by atoms with Gasteiger partial charge in [-0.15, -0.1) is 0 Å². The predicted molar refractivity (Wildman–Crippen MR) is 415 cm³/mol. The van der Waals surface area contributed by atoms with E-state index >= 15 is 0 Å². The number of carboxylic acids is 1. The van der Waals surface area contributed by atoms with Gasteiger partial charge in [0.05, 0.1) is 25.2 Å². The largest absolute Gasteiger partial charge is 0.479 e. The monoisotopic (exact) mass is 1520 g/mol. The van der Waals surface area contributed by atoms with Crippen LogP contribution in [0.5, 0.6) is 0 Å². The Labute approximate surface area is 650 Å². The molecule has 0 aromatic heterocycles. The summed E-state index contributed by atoms with van der Waals surface area (Å²) in [6, 6.07) is 28.0. The van der Waals surface area contributed by atoms with Crippen LogP contribution in [0.2, 0.25) is 0 Å². The number of amides is 10. The second kappa shape index (κ2) is 44.2. The highest BCUT2D eigenvalue weighted by molar-refractivity contribution is 6.57. The molecule has 0 spiro atoms. The van der Waals surface area contributed by atoms with Crippen LogP contribution in [0.4, 0.5) is 9.59 Å². The molecule has 9 rings (SSSR count). The maximum atomic E-state index is 14.2. The lowest BCUT2D eigenvalue weighted by Gasteiger charge is -2.32. The lowest BCUT2D eigenvalue weighted by atomic mass is 9.82. The smallest absolute Gasteiger partial charge is 0.333 e. The van der Waals surface area contributed by atoms with E-state index < -0.39 is 144 Å². The number of ketones is 2. The second-order valence-electron chi connectivity index (χ2n) is 28.9. The van der Waals surface area contributed by atoms with E-state index in [4.69, 9.17) is 20.4 Å². The summed E-state index contributed by atoms with van der Waals surface area (Å²) in [5.41, 5.74) is 7.93. The molecular weight excluding hydrogens is 1410 g/mol. The van der Waals surface area contributed by atoms with Gasteiger partial charge in [0.25, 0.3) is 11.8 Å². The van der Waals surface area contributed by atoms with Crippen LogP contribution in [0.3, 0.4) is 0 Å². The van der Waals surface area contributed by atoms with Crippen molar-refractivity contribution in [2.45, 2.75) is 223 Å². The number of esters is 1. The predicted octanol–water partition coefficient (Wildman–Crippen LogP) is 6.32. The number of hydrogen-bond acceptors (Lipinski definition) is 15. The molecule has 5 aromatic carbocycles. The molecule has 28 heteroatoms. The molecule has 2 fully saturated rings. The summed E-state index contributed by atoms with van der Waals surface area (Å²) in [5.74, 6) is -12.3. The van der Waals surface area contributed by atoms with Gasteiger partial charge in [-0.3, -0.25) is 57.5 Å². The molecule has 0 heterocycles. The molecule has 8 atom stereocenters. The fourth-order valence-electron chi connectivity index (χ4n) is 15.1. The van der Waals surface area contributed by atoms with Crippen LogP contribution in [0.25, 0.3) is 0 Å². The zero-order valence-electron chi connectivity index (χ0n) is 63.2. The van der Waals surface area contributed by atoms with E-state index in [2.05, 4.69) is 65.3 Å². The standard InChI is InChI=1S/C45H54BN5O8.C38H48BN5O8/c1-2-15-35(40(53)43(56)47-27-37(52)50-39(32-21-10-5-11-22-32)44(57)59-28-29-16-6-3-7-17-29)48-41(54)36(26-33-24-14-23-30-18-12-13-25-34(30)33)49-42(55)38(51-45(46)58)31-19-8-4-9-20-31;1-2-12-28(33(46)36(49)40-22-30(45)43-32(37(50)51)25-16-7-4-8-17-25)41-34(47)29(21-26-19-11-18-23-13-9-10-20-27(23)26)42-35(48)31(44-38(39)52)24-14-5-3-6-15-24/h3,5-7,10-11,14,16-17,21-24,31,35-36,38-39H,2,4,8-9,12-13,15,18-20,25-28H2,1H3,(H,47,56)(H,48,54)(H,49,55)(H,50,52)(H,51,58);4,7-8,11,16-19,24,28-29,31-32H,2-3,5-6,9-10,12-15,20-22H2,1H3,(H,40,49)(H,41,47)(H,42,48)(H,43,45)(H,44,52)(H,50,51)/t35?,36-,38-,39-;28?,29-,31-,32-/m00/s1. The Morgan fingerprint density at radius 1 is 0.414 bits per heavy atom. The Kier molecular flexibility index (Phi) is 34.1. The van der Waals surface area contributed by atoms with Crippen LogP contribution in [0.1, 0.15) is 192 Å². The molecule has 10 amide bonds. The van der Waals surface area contributed by atoms with E-state index in [1.54, 1.807) is 74.5 Å². The molecule has 5 aromatic rings. The minimum absolute atomic E-state index is 0.0158. The van der Waals surface area contributed by atoms with E-state index in [9.17, 15) is 72.2 Å². The van der Waals surface area contributed by atoms with Gasteiger partial charge in [0, 0.05) is 12.8 Å². The van der Waals surface area contributed by atoms with E-state index in [0.29, 0.717) is 49.7 Å². The molecule has 586 valence electrons. The Balaban J connectivity index is 0.000000281. The summed E-state index contributed by atoms with van der Waals surface area (Å²) < 4.78 is 5.49. The van der Waals surface area contributed by atoms with Gasteiger partial charge in [0.2, 0.25) is 62.7 Å². The number of nitrogens with one attached hydrogen (secondary N) is 10. The molecule has 4 radical (unpaired) electrons. The third kappa shape index (κ3) is 26.5. The number of aliphatic carboxylic acids is 1. The molecule has 4 aliphatic rings. The summed E-state index contributed by atoms with van der Waals surface area (Å²) >= 11 is 0. The number of fused-ring (bicyclic) bond motifs is 2. The van der Waals surface area contributed by atoms with E-state index in [0.717, 1.165) is 118 Å². The van der Waals surface area contributed by atoms with E-state index in [1.807, 2.05) is 42.5 Å². The maximum Gasteiger partial charge on any atom is 0.333 e. The maximum absolute atomic E-state index is 14.2. The lowest BCUT2D eigenvalue weighted by molar-refractivity contribution is -0.149. The number of aryl methyl sites for hydroxylation is 2. The van der Waals surface area contributed by atoms with Crippen molar-refractivity contribution in [2.24, 2.45) is 11.8 Å². The number of carbonyl (C=O) groups is 14. The molecule has 0 bridgehead atoms. The van der Waals surface area contributed by atoms with Crippen LogP contribution in [-0.2, 0) is 107 Å². The Morgan fingerprint density at radius 2 is 0.793 bits per heavy atom. The second-order valence-corrected chi connectivity index (χ2v) is 28.9. The minimum Gasteiger partial charge on any atom is -0.479 e. The fourth-order valence-corrected chi connectivity index (χ4v) is 15.1. The molecular formula is C83H102B2N10O16. The first-order valence-corrected chi connectivity index (χ1v) is 38.8. The highest BCUT2D eigenvalue weighted by atomic mass is 16.5. The Morgan fingerprint density at radius 3 is 1.19 bits per heavy atom. The van der Waals surface area contributed by atoms with Crippen molar-refractivity contribution in [1.82, 2.24) is 53.2 Å². The minimum atomic E-state index is -1.37. The van der Waals surface area contributed by atoms with Gasteiger partial charge in [-0.1, -0.05) is 193 Å². The molecule has 26 nitrogen and oxygen atoms in total. The van der Waals surface area contributed by atoms with Crippen molar-refractivity contribution >= 4 is 98.1 Å². The zero-order valence-corrected chi connectivity index (χ0v) is 63.2. The molecule has 11 N–H and O–H groups in total. The van der Waals surface area contributed by atoms with E-state index in [-0.39, 0.29) is 44.1 Å². The molecule has 0 aliphatic heterocycles. The van der Waals surface area contributed by atoms with Crippen molar-refractivity contribution in [1.29, 1.82) is 0 Å². The number of benzene rings is 5. The number of Topliss-reactive ketones (excluding diaryl/α,β-unsaturated/α-hetero) is 2. The molecule has 2 unspecified atom stereocenters. The van der Waals surface area contributed by atoms with Crippen LogP contribution in [0.15, 0.2) is 127 Å². The van der Waals surface area contributed by atoms with Gasteiger partial charge in [-0.2, -0.15) is 0 Å². The number of rotatable bonds is 36. The van der Waals surface area contributed by atoms with Gasteiger partial charge in [-0.05, 0) is 152 Å². The average Bonchev–Trinajstić information content (AvgIpc) is 0.816. The summed E-state index contributed by atoms with van der Waals surface area (Å²) in [5, 5.41) is 35.3. The van der Waals surface area contributed by atoms with Crippen molar-refractivity contribution in [3.63, 3.8) is 0 Å². The van der Waals surface area contributed by atoms with Gasteiger partial charge in [-0.25, -0.2) is 9.59 Å².